The molecule has 0 aromatic heterocycles. The van der Waals surface area contributed by atoms with Crippen LogP contribution in [0.3, 0.4) is 0 Å². The molecule has 0 spiro atoms. The maximum Gasteiger partial charge on any atom is 0.137 e. The summed E-state index contributed by atoms with van der Waals surface area (Å²) >= 11 is 3.14. The van der Waals surface area contributed by atoms with Crippen molar-refractivity contribution in [1.29, 1.82) is 0 Å². The van der Waals surface area contributed by atoms with Gasteiger partial charge >= 0.3 is 0 Å². The minimum atomic E-state index is -0.280. The first kappa shape index (κ1) is 14.8. The Kier molecular flexibility index (Phi) is 5.60. The minimum absolute atomic E-state index is 0.280. The van der Waals surface area contributed by atoms with Crippen molar-refractivity contribution in [2.24, 2.45) is 0 Å². The maximum atomic E-state index is 13.0. The highest BCUT2D eigenvalue weighted by Gasteiger charge is 2.21. The lowest BCUT2D eigenvalue weighted by Gasteiger charge is -2.20. The molecule has 0 bridgehead atoms. The molecule has 106 valence electrons. The van der Waals surface area contributed by atoms with E-state index in [1.165, 1.54) is 6.07 Å². The topological polar surface area (TPSA) is 30.5 Å². The number of benzene rings is 1. The predicted octanol–water partition coefficient (Wildman–Crippen LogP) is 3.12. The molecule has 5 heteroatoms. The number of nitrogens with one attached hydrogen (secondary N) is 1. The Morgan fingerprint density at radius 2 is 2.42 bits per heavy atom. The normalized spacial score (nSPS) is 20.5. The van der Waals surface area contributed by atoms with E-state index in [0.717, 1.165) is 26.0 Å². The van der Waals surface area contributed by atoms with E-state index < -0.39 is 0 Å². The maximum absolute atomic E-state index is 13.0. The minimum Gasteiger partial charge on any atom is -0.492 e. The van der Waals surface area contributed by atoms with E-state index in [-0.39, 0.29) is 5.82 Å². The number of hydrogen-bond acceptors (Lipinski definition) is 3. The Labute approximate surface area is 121 Å². The van der Waals surface area contributed by atoms with Crippen LogP contribution in [0.4, 0.5) is 4.39 Å². The highest BCUT2D eigenvalue weighted by Crippen LogP contribution is 2.21. The van der Waals surface area contributed by atoms with Gasteiger partial charge in [-0.25, -0.2) is 4.39 Å². The van der Waals surface area contributed by atoms with Gasteiger partial charge in [0, 0.05) is 19.2 Å². The third-order valence-electron chi connectivity index (χ3n) is 3.25. The van der Waals surface area contributed by atoms with Crippen molar-refractivity contribution in [3.8, 4) is 5.75 Å². The molecule has 1 heterocycles. The fourth-order valence-electron chi connectivity index (χ4n) is 2.15. The summed E-state index contributed by atoms with van der Waals surface area (Å²) in [5.41, 5.74) is 0. The van der Waals surface area contributed by atoms with Crippen LogP contribution in [0.1, 0.15) is 19.8 Å². The Morgan fingerprint density at radius 3 is 3.11 bits per heavy atom. The van der Waals surface area contributed by atoms with E-state index >= 15 is 0 Å². The summed E-state index contributed by atoms with van der Waals surface area (Å²) in [4.78, 5) is 0. The lowest BCUT2D eigenvalue weighted by molar-refractivity contribution is 0.0824. The highest BCUT2D eigenvalue weighted by atomic mass is 79.9. The van der Waals surface area contributed by atoms with Crippen LogP contribution in [0.25, 0.3) is 0 Å². The van der Waals surface area contributed by atoms with Crippen LogP contribution in [0, 0.1) is 5.82 Å². The van der Waals surface area contributed by atoms with Crippen molar-refractivity contribution in [3.05, 3.63) is 28.5 Å². The van der Waals surface area contributed by atoms with Gasteiger partial charge < -0.3 is 14.8 Å². The fourth-order valence-corrected chi connectivity index (χ4v) is 2.51. The van der Waals surface area contributed by atoms with E-state index in [1.54, 1.807) is 12.1 Å². The molecule has 0 amide bonds. The smallest absolute Gasteiger partial charge is 0.137 e. The number of ether oxygens (including phenoxy) is 2. The van der Waals surface area contributed by atoms with Crippen molar-refractivity contribution in [2.45, 2.75) is 31.9 Å². The van der Waals surface area contributed by atoms with Gasteiger partial charge in [0.05, 0.1) is 10.6 Å². The van der Waals surface area contributed by atoms with Gasteiger partial charge in [0.1, 0.15) is 18.2 Å². The van der Waals surface area contributed by atoms with Gasteiger partial charge in [0.2, 0.25) is 0 Å². The predicted molar refractivity (Wildman–Crippen MR) is 76.0 cm³/mol. The zero-order valence-corrected chi connectivity index (χ0v) is 12.6. The molecular weight excluding hydrogens is 313 g/mol. The Bertz CT molecular complexity index is 410. The van der Waals surface area contributed by atoms with Crippen LogP contribution in [0.2, 0.25) is 0 Å². The average molecular weight is 332 g/mol. The largest absolute Gasteiger partial charge is 0.492 e. The van der Waals surface area contributed by atoms with Crippen LogP contribution >= 0.6 is 15.9 Å². The molecule has 1 fully saturated rings. The lowest BCUT2D eigenvalue weighted by atomic mass is 10.1. The molecule has 2 rings (SSSR count). The molecule has 0 aliphatic carbocycles. The van der Waals surface area contributed by atoms with Crippen LogP contribution in [-0.4, -0.2) is 31.9 Å². The van der Waals surface area contributed by atoms with Gasteiger partial charge in [-0.3, -0.25) is 0 Å². The van der Waals surface area contributed by atoms with Crippen molar-refractivity contribution in [3.63, 3.8) is 0 Å². The quantitative estimate of drug-likeness (QED) is 0.812. The molecule has 0 saturated carbocycles. The highest BCUT2D eigenvalue weighted by molar-refractivity contribution is 9.10. The lowest BCUT2D eigenvalue weighted by Crippen LogP contribution is -2.39. The molecule has 0 radical (unpaired) electrons. The van der Waals surface area contributed by atoms with E-state index in [9.17, 15) is 4.39 Å². The molecule has 1 aliphatic heterocycles. The van der Waals surface area contributed by atoms with Gasteiger partial charge in [-0.15, -0.1) is 0 Å². The molecule has 3 nitrogen and oxygen atoms in total. The first-order chi connectivity index (χ1) is 9.16. The summed E-state index contributed by atoms with van der Waals surface area (Å²) in [6.07, 6.45) is 2.59. The summed E-state index contributed by atoms with van der Waals surface area (Å²) in [5.74, 6) is 0.386. The van der Waals surface area contributed by atoms with Crippen LogP contribution in [-0.2, 0) is 4.74 Å². The molecular formula is C14H19BrFNO2. The molecule has 19 heavy (non-hydrogen) atoms. The monoisotopic (exact) mass is 331 g/mol. The van der Waals surface area contributed by atoms with Crippen LogP contribution in [0.15, 0.2) is 22.7 Å². The number of halogens is 2. The molecule has 1 aromatic rings. The van der Waals surface area contributed by atoms with Gasteiger partial charge in [-0.05, 0) is 53.9 Å². The first-order valence-electron chi connectivity index (χ1n) is 6.59. The number of hydrogen-bond donors (Lipinski definition) is 1. The molecule has 1 aliphatic rings. The molecule has 1 saturated heterocycles. The van der Waals surface area contributed by atoms with Gasteiger partial charge in [0.25, 0.3) is 0 Å². The second-order valence-electron chi connectivity index (χ2n) is 4.72. The Balaban J connectivity index is 1.67. The summed E-state index contributed by atoms with van der Waals surface area (Å²) in [5, 5.41) is 3.38. The second kappa shape index (κ2) is 7.22. The van der Waals surface area contributed by atoms with Crippen LogP contribution in [0.5, 0.6) is 5.75 Å². The molecule has 1 aromatic carbocycles. The fraction of sp³-hybridized carbons (Fsp3) is 0.571. The molecule has 1 N–H and O–H groups in total. The third-order valence-corrected chi connectivity index (χ3v) is 3.86. The van der Waals surface area contributed by atoms with Gasteiger partial charge in [0.15, 0.2) is 0 Å². The SMILES string of the molecule is CC(NCCOc1ccc(F)c(Br)c1)C1CCCO1. The van der Waals surface area contributed by atoms with Crippen molar-refractivity contribution < 1.29 is 13.9 Å². The van der Waals surface area contributed by atoms with Crippen LogP contribution < -0.4 is 10.1 Å². The van der Waals surface area contributed by atoms with Crippen molar-refractivity contribution >= 4 is 15.9 Å². The summed E-state index contributed by atoms with van der Waals surface area (Å²) in [6, 6.07) is 5.00. The van der Waals surface area contributed by atoms with E-state index in [4.69, 9.17) is 9.47 Å². The molecule has 2 unspecified atom stereocenters. The van der Waals surface area contributed by atoms with E-state index in [0.29, 0.717) is 29.0 Å². The summed E-state index contributed by atoms with van der Waals surface area (Å²) < 4.78 is 24.6. The van der Waals surface area contributed by atoms with Gasteiger partial charge in [-0.2, -0.15) is 0 Å². The van der Waals surface area contributed by atoms with Gasteiger partial charge in [-0.1, -0.05) is 0 Å². The van der Waals surface area contributed by atoms with E-state index in [1.807, 2.05) is 0 Å². The number of rotatable bonds is 6. The standard InChI is InChI=1S/C14H19BrFNO2/c1-10(14-3-2-7-19-14)17-6-8-18-11-4-5-13(16)12(15)9-11/h4-5,9-10,14,17H,2-3,6-8H2,1H3. The second-order valence-corrected chi connectivity index (χ2v) is 5.57. The Morgan fingerprint density at radius 1 is 1.58 bits per heavy atom. The first-order valence-corrected chi connectivity index (χ1v) is 7.39. The zero-order chi connectivity index (χ0) is 13.7. The Hall–Kier alpha value is -0.650. The van der Waals surface area contributed by atoms with Crippen molar-refractivity contribution in [1.82, 2.24) is 5.32 Å². The average Bonchev–Trinajstić information content (AvgIpc) is 2.92. The summed E-state index contributed by atoms with van der Waals surface area (Å²) in [6.45, 7) is 4.30. The van der Waals surface area contributed by atoms with Crippen molar-refractivity contribution in [2.75, 3.05) is 19.8 Å². The van der Waals surface area contributed by atoms with E-state index in [2.05, 4.69) is 28.2 Å². The third kappa shape index (κ3) is 4.44. The zero-order valence-electron chi connectivity index (χ0n) is 11.0. The summed E-state index contributed by atoms with van der Waals surface area (Å²) in [7, 11) is 0. The molecule has 2 atom stereocenters.